The molecule has 2 aromatic rings. The van der Waals surface area contributed by atoms with Gasteiger partial charge in [-0.15, -0.1) is 0 Å². The van der Waals surface area contributed by atoms with Crippen molar-refractivity contribution in [2.24, 2.45) is 0 Å². The van der Waals surface area contributed by atoms with E-state index in [0.717, 1.165) is 4.70 Å². The van der Waals surface area contributed by atoms with Gasteiger partial charge < -0.3 is 5.32 Å². The van der Waals surface area contributed by atoms with E-state index in [1.165, 1.54) is 11.5 Å². The molecule has 0 spiro atoms. The van der Waals surface area contributed by atoms with Crippen molar-refractivity contribution in [3.63, 3.8) is 0 Å². The first kappa shape index (κ1) is 11.3. The normalized spacial score (nSPS) is 10.6. The molecule has 0 radical (unpaired) electrons. The van der Waals surface area contributed by atoms with E-state index in [0.29, 0.717) is 22.8 Å². The molecule has 0 saturated carbocycles. The van der Waals surface area contributed by atoms with Crippen LogP contribution in [0, 0.1) is 0 Å². The lowest BCUT2D eigenvalue weighted by Crippen LogP contribution is -2.13. The van der Waals surface area contributed by atoms with Gasteiger partial charge in [0.25, 0.3) is 5.56 Å². The number of halogens is 1. The number of carbonyl (C=O) groups is 1. The second-order valence-corrected chi connectivity index (χ2v) is 4.84. The molecular formula is C10H9BrN2O2S. The highest BCUT2D eigenvalue weighted by atomic mass is 79.9. The molecule has 0 saturated heterocycles. The van der Waals surface area contributed by atoms with Crippen LogP contribution in [0.15, 0.2) is 23.0 Å². The minimum Gasteiger partial charge on any atom is -0.325 e. The van der Waals surface area contributed by atoms with Gasteiger partial charge in [0.15, 0.2) is 0 Å². The molecule has 6 heteroatoms. The van der Waals surface area contributed by atoms with Crippen LogP contribution in [-0.4, -0.2) is 15.6 Å². The van der Waals surface area contributed by atoms with Gasteiger partial charge in [-0.2, -0.15) is 0 Å². The lowest BCUT2D eigenvalue weighted by atomic mass is 10.2. The predicted molar refractivity (Wildman–Crippen MR) is 69.5 cm³/mol. The van der Waals surface area contributed by atoms with Gasteiger partial charge in [-0.05, 0) is 12.1 Å². The van der Waals surface area contributed by atoms with Gasteiger partial charge in [-0.1, -0.05) is 33.5 Å². The third kappa shape index (κ3) is 2.17. The molecule has 0 fully saturated rings. The number of fused-ring (bicyclic) bond motifs is 1. The molecule has 1 aromatic heterocycles. The van der Waals surface area contributed by atoms with Crippen molar-refractivity contribution in [1.82, 2.24) is 4.37 Å². The third-order valence-corrected chi connectivity index (χ3v) is 3.35. The molecule has 1 aromatic carbocycles. The highest BCUT2D eigenvalue weighted by Gasteiger charge is 2.09. The van der Waals surface area contributed by atoms with Gasteiger partial charge >= 0.3 is 0 Å². The van der Waals surface area contributed by atoms with E-state index in [2.05, 4.69) is 25.6 Å². The zero-order valence-corrected chi connectivity index (χ0v) is 10.7. The molecule has 0 atom stereocenters. The van der Waals surface area contributed by atoms with Crippen molar-refractivity contribution < 1.29 is 4.79 Å². The van der Waals surface area contributed by atoms with Crippen molar-refractivity contribution in [3.05, 3.63) is 28.6 Å². The molecule has 16 heavy (non-hydrogen) atoms. The van der Waals surface area contributed by atoms with Gasteiger partial charge in [-0.3, -0.25) is 14.0 Å². The molecule has 2 rings (SSSR count). The number of hydrogen-bond donors (Lipinski definition) is 2. The van der Waals surface area contributed by atoms with Crippen LogP contribution in [0.25, 0.3) is 10.1 Å². The molecular weight excluding hydrogens is 292 g/mol. The Labute approximate surface area is 104 Å². The van der Waals surface area contributed by atoms with Crippen LogP contribution >= 0.6 is 27.5 Å². The summed E-state index contributed by atoms with van der Waals surface area (Å²) in [5.41, 5.74) is 0.417. The summed E-state index contributed by atoms with van der Waals surface area (Å²) in [7, 11) is 0. The number of rotatable bonds is 3. The van der Waals surface area contributed by atoms with Crippen molar-refractivity contribution in [2.75, 3.05) is 10.6 Å². The Morgan fingerprint density at radius 2 is 2.31 bits per heavy atom. The SMILES string of the molecule is O=C(CCBr)Nc1cccc2s[nH]c(=O)c12. The first-order valence-electron chi connectivity index (χ1n) is 4.68. The predicted octanol–water partition coefficient (Wildman–Crippen LogP) is 2.31. The minimum absolute atomic E-state index is 0.102. The van der Waals surface area contributed by atoms with E-state index < -0.39 is 0 Å². The van der Waals surface area contributed by atoms with Crippen LogP contribution in [0.2, 0.25) is 0 Å². The van der Waals surface area contributed by atoms with E-state index >= 15 is 0 Å². The maximum atomic E-state index is 11.5. The number of benzene rings is 1. The molecule has 0 unspecified atom stereocenters. The van der Waals surface area contributed by atoms with Crippen LogP contribution in [0.5, 0.6) is 0 Å². The standard InChI is InChI=1S/C10H9BrN2O2S/c11-5-4-8(14)12-6-2-1-3-7-9(6)10(15)13-16-7/h1-3H,4-5H2,(H,12,14)(H,13,15). The summed E-state index contributed by atoms with van der Waals surface area (Å²) in [5.74, 6) is -0.102. The van der Waals surface area contributed by atoms with Crippen LogP contribution in [-0.2, 0) is 4.79 Å². The fourth-order valence-corrected chi connectivity index (χ4v) is 2.52. The van der Waals surface area contributed by atoms with E-state index in [1.807, 2.05) is 12.1 Å². The van der Waals surface area contributed by atoms with E-state index in [-0.39, 0.29) is 11.5 Å². The summed E-state index contributed by atoms with van der Waals surface area (Å²) in [6.45, 7) is 0. The maximum absolute atomic E-state index is 11.5. The zero-order valence-electron chi connectivity index (χ0n) is 8.25. The van der Waals surface area contributed by atoms with Crippen molar-refractivity contribution >= 4 is 49.1 Å². The number of hydrogen-bond acceptors (Lipinski definition) is 3. The summed E-state index contributed by atoms with van der Waals surface area (Å²) >= 11 is 4.46. The Morgan fingerprint density at radius 3 is 3.06 bits per heavy atom. The van der Waals surface area contributed by atoms with Crippen LogP contribution in [0.4, 0.5) is 5.69 Å². The highest BCUT2D eigenvalue weighted by molar-refractivity contribution is 9.09. The van der Waals surface area contributed by atoms with E-state index in [4.69, 9.17) is 0 Å². The second kappa shape index (κ2) is 4.80. The molecule has 0 bridgehead atoms. The topological polar surface area (TPSA) is 62.0 Å². The van der Waals surface area contributed by atoms with Gasteiger partial charge in [-0.25, -0.2) is 0 Å². The number of aromatic amines is 1. The van der Waals surface area contributed by atoms with Crippen LogP contribution < -0.4 is 10.9 Å². The Hall–Kier alpha value is -1.14. The van der Waals surface area contributed by atoms with Crippen molar-refractivity contribution in [1.29, 1.82) is 0 Å². The second-order valence-electron chi connectivity index (χ2n) is 3.20. The van der Waals surface area contributed by atoms with E-state index in [1.54, 1.807) is 6.07 Å². The number of aromatic nitrogens is 1. The number of carbonyl (C=O) groups excluding carboxylic acids is 1. The first-order valence-corrected chi connectivity index (χ1v) is 6.62. The highest BCUT2D eigenvalue weighted by Crippen LogP contribution is 2.22. The molecule has 0 aliphatic rings. The summed E-state index contributed by atoms with van der Waals surface area (Å²) in [6, 6.07) is 5.39. The summed E-state index contributed by atoms with van der Waals surface area (Å²) in [4.78, 5) is 23.0. The van der Waals surface area contributed by atoms with Crippen molar-refractivity contribution in [2.45, 2.75) is 6.42 Å². The van der Waals surface area contributed by atoms with Gasteiger partial charge in [0.05, 0.1) is 15.8 Å². The Bertz CT molecular complexity index is 575. The smallest absolute Gasteiger partial charge is 0.268 e. The molecule has 84 valence electrons. The zero-order chi connectivity index (χ0) is 11.5. The largest absolute Gasteiger partial charge is 0.325 e. The Morgan fingerprint density at radius 1 is 1.50 bits per heavy atom. The van der Waals surface area contributed by atoms with Gasteiger partial charge in [0, 0.05) is 11.8 Å². The number of nitrogens with one attached hydrogen (secondary N) is 2. The average Bonchev–Trinajstić information content (AvgIpc) is 2.62. The minimum atomic E-state index is -0.158. The Kier molecular flexibility index (Phi) is 3.40. The lowest BCUT2D eigenvalue weighted by Gasteiger charge is -2.04. The molecule has 2 N–H and O–H groups in total. The van der Waals surface area contributed by atoms with Gasteiger partial charge in [0.1, 0.15) is 0 Å². The average molecular weight is 301 g/mol. The molecule has 0 aliphatic carbocycles. The number of alkyl halides is 1. The van der Waals surface area contributed by atoms with E-state index in [9.17, 15) is 9.59 Å². The molecule has 4 nitrogen and oxygen atoms in total. The lowest BCUT2D eigenvalue weighted by molar-refractivity contribution is -0.115. The number of amides is 1. The fourth-order valence-electron chi connectivity index (χ4n) is 1.41. The molecule has 1 amide bonds. The van der Waals surface area contributed by atoms with Crippen LogP contribution in [0.1, 0.15) is 6.42 Å². The molecule has 0 aliphatic heterocycles. The van der Waals surface area contributed by atoms with Gasteiger partial charge in [0.2, 0.25) is 5.91 Å². The number of anilines is 1. The fraction of sp³-hybridized carbons (Fsp3) is 0.200. The first-order chi connectivity index (χ1) is 7.72. The monoisotopic (exact) mass is 300 g/mol. The van der Waals surface area contributed by atoms with Crippen molar-refractivity contribution in [3.8, 4) is 0 Å². The summed E-state index contributed by atoms with van der Waals surface area (Å²) < 4.78 is 3.50. The quantitative estimate of drug-likeness (QED) is 0.855. The summed E-state index contributed by atoms with van der Waals surface area (Å²) in [6.07, 6.45) is 0.387. The molecule has 1 heterocycles. The summed E-state index contributed by atoms with van der Waals surface area (Å²) in [5, 5.41) is 3.89. The number of H-pyrrole nitrogens is 1. The third-order valence-electron chi connectivity index (χ3n) is 2.10. The maximum Gasteiger partial charge on any atom is 0.268 e. The van der Waals surface area contributed by atoms with Crippen LogP contribution in [0.3, 0.4) is 0 Å². The Balaban J connectivity index is 2.40.